The van der Waals surface area contributed by atoms with Gasteiger partial charge in [0.2, 0.25) is 10.0 Å². The Hall–Kier alpha value is -2.65. The second-order valence-electron chi connectivity index (χ2n) is 6.11. The molecule has 0 aromatic heterocycles. The van der Waals surface area contributed by atoms with Gasteiger partial charge in [0.15, 0.2) is 11.5 Å². The Morgan fingerprint density at radius 2 is 1.96 bits per heavy atom. The van der Waals surface area contributed by atoms with Crippen molar-refractivity contribution in [2.45, 2.75) is 18.4 Å². The first-order valence-corrected chi connectivity index (χ1v) is 10.3. The van der Waals surface area contributed by atoms with E-state index in [9.17, 15) is 17.6 Å². The number of benzene rings is 2. The van der Waals surface area contributed by atoms with Crippen LogP contribution in [-0.2, 0) is 16.6 Å². The topological polar surface area (TPSA) is 84.9 Å². The fourth-order valence-corrected chi connectivity index (χ4v) is 3.67. The first kappa shape index (κ1) is 20.1. The van der Waals surface area contributed by atoms with Crippen molar-refractivity contribution in [3.8, 4) is 11.5 Å². The van der Waals surface area contributed by atoms with Gasteiger partial charge in [-0.05, 0) is 38.2 Å². The number of halogens is 1. The van der Waals surface area contributed by atoms with Crippen LogP contribution in [0.15, 0.2) is 41.3 Å². The molecule has 2 aromatic carbocycles. The van der Waals surface area contributed by atoms with Gasteiger partial charge in [-0.1, -0.05) is 12.1 Å². The van der Waals surface area contributed by atoms with Gasteiger partial charge in [0.1, 0.15) is 19.0 Å². The molecule has 1 aliphatic rings. The van der Waals surface area contributed by atoms with Gasteiger partial charge >= 0.3 is 0 Å². The number of hydrogen-bond acceptors (Lipinski definition) is 5. The highest BCUT2D eigenvalue weighted by Crippen LogP contribution is 2.34. The lowest BCUT2D eigenvalue weighted by Gasteiger charge is -2.25. The third-order valence-electron chi connectivity index (χ3n) is 4.43. The summed E-state index contributed by atoms with van der Waals surface area (Å²) in [5.74, 6) is -0.233. The van der Waals surface area contributed by atoms with Crippen LogP contribution in [0.2, 0.25) is 0 Å². The molecule has 0 bridgehead atoms. The minimum absolute atomic E-state index is 0.171. The molecule has 0 spiro atoms. The molecule has 1 aliphatic heterocycles. The number of amides is 1. The van der Waals surface area contributed by atoms with Crippen molar-refractivity contribution in [3.05, 3.63) is 53.3 Å². The van der Waals surface area contributed by atoms with E-state index in [-0.39, 0.29) is 17.0 Å². The number of nitrogens with zero attached hydrogens (tertiary/aromatic N) is 1. The Balaban J connectivity index is 1.92. The van der Waals surface area contributed by atoms with Gasteiger partial charge in [-0.2, -0.15) is 0 Å². The summed E-state index contributed by atoms with van der Waals surface area (Å²) in [6.45, 7) is 3.08. The summed E-state index contributed by atoms with van der Waals surface area (Å²) in [5.41, 5.74) is 0.423. The summed E-state index contributed by atoms with van der Waals surface area (Å²) in [4.78, 5) is 14.2. The zero-order valence-corrected chi connectivity index (χ0v) is 16.4. The zero-order chi connectivity index (χ0) is 20.3. The molecular formula is C19H21FN2O5S. The number of rotatable bonds is 6. The maximum atomic E-state index is 14.3. The molecule has 0 saturated carbocycles. The minimum Gasteiger partial charge on any atom is -0.486 e. The molecule has 28 heavy (non-hydrogen) atoms. The standard InChI is InChI=1S/C19H21FN2O5S/c1-3-22(12-13-5-4-6-17-18(13)27-10-9-26-17)19(23)15-11-14(7-8-16(15)20)28(24,25)21-2/h4-8,11,21H,3,9-10,12H2,1-2H3. The largest absolute Gasteiger partial charge is 0.486 e. The van der Waals surface area contributed by atoms with Gasteiger partial charge in [-0.15, -0.1) is 0 Å². The van der Waals surface area contributed by atoms with E-state index < -0.39 is 21.7 Å². The number of nitrogens with one attached hydrogen (secondary N) is 1. The van der Waals surface area contributed by atoms with Gasteiger partial charge in [-0.25, -0.2) is 17.5 Å². The molecule has 0 radical (unpaired) electrons. The maximum absolute atomic E-state index is 14.3. The fourth-order valence-electron chi connectivity index (χ4n) is 2.92. The fraction of sp³-hybridized carbons (Fsp3) is 0.316. The van der Waals surface area contributed by atoms with Crippen molar-refractivity contribution >= 4 is 15.9 Å². The summed E-state index contributed by atoms with van der Waals surface area (Å²) < 4.78 is 51.7. The van der Waals surface area contributed by atoms with Gasteiger partial charge < -0.3 is 14.4 Å². The Morgan fingerprint density at radius 1 is 1.21 bits per heavy atom. The molecule has 0 aliphatic carbocycles. The van der Waals surface area contributed by atoms with Crippen LogP contribution in [0.25, 0.3) is 0 Å². The van der Waals surface area contributed by atoms with Crippen LogP contribution in [0.4, 0.5) is 4.39 Å². The first-order chi connectivity index (χ1) is 13.4. The predicted octanol–water partition coefficient (Wildman–Crippen LogP) is 2.17. The third kappa shape index (κ3) is 3.95. The summed E-state index contributed by atoms with van der Waals surface area (Å²) >= 11 is 0. The number of ether oxygens (including phenoxy) is 2. The lowest BCUT2D eigenvalue weighted by atomic mass is 10.1. The average molecular weight is 408 g/mol. The molecule has 0 fully saturated rings. The van der Waals surface area contributed by atoms with Gasteiger partial charge in [0, 0.05) is 18.7 Å². The second-order valence-corrected chi connectivity index (χ2v) is 8.00. The molecule has 0 unspecified atom stereocenters. The quantitative estimate of drug-likeness (QED) is 0.792. The van der Waals surface area contributed by atoms with E-state index in [0.29, 0.717) is 31.3 Å². The van der Waals surface area contributed by atoms with Gasteiger partial charge in [-0.3, -0.25) is 4.79 Å². The second kappa shape index (κ2) is 8.15. The predicted molar refractivity (Wildman–Crippen MR) is 100 cm³/mol. The first-order valence-electron chi connectivity index (χ1n) is 8.77. The van der Waals surface area contributed by atoms with E-state index in [2.05, 4.69) is 4.72 Å². The molecule has 1 amide bonds. The Bertz CT molecular complexity index is 994. The highest BCUT2D eigenvalue weighted by Gasteiger charge is 2.24. The molecule has 1 heterocycles. The van der Waals surface area contributed by atoms with Crippen molar-refractivity contribution < 1.29 is 27.1 Å². The molecule has 0 saturated heterocycles. The zero-order valence-electron chi connectivity index (χ0n) is 15.6. The van der Waals surface area contributed by atoms with Crippen molar-refractivity contribution in [2.24, 2.45) is 0 Å². The highest BCUT2D eigenvalue weighted by atomic mass is 32.2. The average Bonchev–Trinajstić information content (AvgIpc) is 2.71. The minimum atomic E-state index is -3.80. The number of fused-ring (bicyclic) bond motifs is 1. The molecule has 0 atom stereocenters. The van der Waals surface area contributed by atoms with Crippen molar-refractivity contribution in [3.63, 3.8) is 0 Å². The summed E-state index contributed by atoms with van der Waals surface area (Å²) in [7, 11) is -2.55. The van der Waals surface area contributed by atoms with E-state index in [0.717, 1.165) is 23.8 Å². The molecule has 3 rings (SSSR count). The number of hydrogen-bond donors (Lipinski definition) is 1. The molecule has 2 aromatic rings. The highest BCUT2D eigenvalue weighted by molar-refractivity contribution is 7.89. The van der Waals surface area contributed by atoms with Crippen LogP contribution < -0.4 is 14.2 Å². The number of para-hydroxylation sites is 1. The van der Waals surface area contributed by atoms with Crippen molar-refractivity contribution in [1.29, 1.82) is 0 Å². The molecule has 150 valence electrons. The van der Waals surface area contributed by atoms with Gasteiger partial charge in [0.05, 0.1) is 10.5 Å². The van der Waals surface area contributed by atoms with Crippen LogP contribution >= 0.6 is 0 Å². The third-order valence-corrected chi connectivity index (χ3v) is 5.84. The van der Waals surface area contributed by atoms with E-state index >= 15 is 0 Å². The Kier molecular flexibility index (Phi) is 5.85. The monoisotopic (exact) mass is 408 g/mol. The normalized spacial score (nSPS) is 13.2. The molecule has 9 heteroatoms. The number of carbonyl (C=O) groups is 1. The lowest BCUT2D eigenvalue weighted by Crippen LogP contribution is -2.32. The number of sulfonamides is 1. The summed E-state index contributed by atoms with van der Waals surface area (Å²) in [6, 6.07) is 8.53. The van der Waals surface area contributed by atoms with Crippen LogP contribution in [0.5, 0.6) is 11.5 Å². The molecular weight excluding hydrogens is 387 g/mol. The lowest BCUT2D eigenvalue weighted by molar-refractivity contribution is 0.0744. The van der Waals surface area contributed by atoms with Crippen molar-refractivity contribution in [1.82, 2.24) is 9.62 Å². The van der Waals surface area contributed by atoms with E-state index in [1.54, 1.807) is 19.1 Å². The van der Waals surface area contributed by atoms with Crippen LogP contribution in [-0.4, -0.2) is 46.0 Å². The Labute approximate surface area is 163 Å². The Morgan fingerprint density at radius 3 is 2.68 bits per heavy atom. The number of carbonyl (C=O) groups excluding carboxylic acids is 1. The van der Waals surface area contributed by atoms with Crippen LogP contribution in [0.3, 0.4) is 0 Å². The smallest absolute Gasteiger partial charge is 0.257 e. The summed E-state index contributed by atoms with van der Waals surface area (Å²) in [5, 5.41) is 0. The van der Waals surface area contributed by atoms with Crippen LogP contribution in [0, 0.1) is 5.82 Å². The van der Waals surface area contributed by atoms with Gasteiger partial charge in [0.25, 0.3) is 5.91 Å². The van der Waals surface area contributed by atoms with E-state index in [4.69, 9.17) is 9.47 Å². The van der Waals surface area contributed by atoms with E-state index in [1.165, 1.54) is 11.9 Å². The maximum Gasteiger partial charge on any atom is 0.257 e. The van der Waals surface area contributed by atoms with Crippen LogP contribution in [0.1, 0.15) is 22.8 Å². The SMILES string of the molecule is CCN(Cc1cccc2c1OCCO2)C(=O)c1cc(S(=O)(=O)NC)ccc1F. The summed E-state index contributed by atoms with van der Waals surface area (Å²) in [6.07, 6.45) is 0. The molecule has 7 nitrogen and oxygen atoms in total. The molecule has 1 N–H and O–H groups in total. The van der Waals surface area contributed by atoms with Crippen molar-refractivity contribution in [2.75, 3.05) is 26.8 Å². The van der Waals surface area contributed by atoms with E-state index in [1.807, 2.05) is 6.07 Å².